The molecule has 3 aromatic rings. The van der Waals surface area contributed by atoms with Gasteiger partial charge in [0, 0.05) is 10.9 Å². The Morgan fingerprint density at radius 1 is 1.17 bits per heavy atom. The smallest absolute Gasteiger partial charge is 0.336 e. The first-order valence-electron chi connectivity index (χ1n) is 7.85. The Morgan fingerprint density at radius 2 is 1.96 bits per heavy atom. The van der Waals surface area contributed by atoms with E-state index in [1.807, 2.05) is 50.2 Å². The summed E-state index contributed by atoms with van der Waals surface area (Å²) in [4.78, 5) is 16.4. The van der Waals surface area contributed by atoms with Crippen LogP contribution >= 0.6 is 0 Å². The number of carboxylic acid groups (broad SMARTS) is 1. The minimum Gasteiger partial charge on any atom is -0.496 e. The Balaban J connectivity index is 2.31. The number of fused-ring (bicyclic) bond motifs is 1. The van der Waals surface area contributed by atoms with E-state index >= 15 is 0 Å². The summed E-state index contributed by atoms with van der Waals surface area (Å²) >= 11 is 0. The van der Waals surface area contributed by atoms with Crippen molar-refractivity contribution in [2.24, 2.45) is 0 Å². The van der Waals surface area contributed by atoms with Crippen LogP contribution in [-0.4, -0.2) is 23.2 Å². The van der Waals surface area contributed by atoms with Gasteiger partial charge in [-0.2, -0.15) is 0 Å². The molecule has 0 atom stereocenters. The number of nitrogens with zero attached hydrogens (tertiary/aromatic N) is 1. The number of benzene rings is 2. The number of pyridine rings is 1. The second-order valence-corrected chi connectivity index (χ2v) is 5.77. The van der Waals surface area contributed by atoms with Crippen LogP contribution in [0.3, 0.4) is 0 Å². The van der Waals surface area contributed by atoms with Crippen LogP contribution in [0.1, 0.15) is 28.4 Å². The summed E-state index contributed by atoms with van der Waals surface area (Å²) in [7, 11) is 1.60. The molecule has 24 heavy (non-hydrogen) atoms. The molecule has 3 rings (SSSR count). The standard InChI is InChI=1S/C20H19NO3/c1-4-13-6-7-17-14(10-13)15(20(22)23)11-18(21-17)16-9-12(2)5-8-19(16)24-3/h5-11H,4H2,1-3H3,(H,22,23). The minimum absolute atomic E-state index is 0.258. The van der Waals surface area contributed by atoms with Gasteiger partial charge >= 0.3 is 5.97 Å². The molecule has 0 aliphatic rings. The Morgan fingerprint density at radius 3 is 2.62 bits per heavy atom. The van der Waals surface area contributed by atoms with Gasteiger partial charge in [-0.05, 0) is 49.2 Å². The van der Waals surface area contributed by atoms with Crippen molar-refractivity contribution in [1.82, 2.24) is 4.98 Å². The number of rotatable bonds is 4. The molecule has 0 saturated heterocycles. The quantitative estimate of drug-likeness (QED) is 0.769. The van der Waals surface area contributed by atoms with Crippen LogP contribution in [0.2, 0.25) is 0 Å². The molecule has 0 aliphatic carbocycles. The maximum absolute atomic E-state index is 11.8. The summed E-state index contributed by atoms with van der Waals surface area (Å²) in [6, 6.07) is 13.2. The SMILES string of the molecule is CCc1ccc2nc(-c3cc(C)ccc3OC)cc(C(=O)O)c2c1. The topological polar surface area (TPSA) is 59.4 Å². The molecule has 0 fully saturated rings. The van der Waals surface area contributed by atoms with E-state index in [1.54, 1.807) is 13.2 Å². The van der Waals surface area contributed by atoms with Gasteiger partial charge in [-0.15, -0.1) is 0 Å². The van der Waals surface area contributed by atoms with Gasteiger partial charge in [0.25, 0.3) is 0 Å². The zero-order valence-electron chi connectivity index (χ0n) is 14.0. The van der Waals surface area contributed by atoms with E-state index in [2.05, 4.69) is 4.98 Å². The van der Waals surface area contributed by atoms with Crippen molar-refractivity contribution in [3.63, 3.8) is 0 Å². The summed E-state index contributed by atoms with van der Waals surface area (Å²) in [5.41, 5.74) is 4.48. The van der Waals surface area contributed by atoms with E-state index in [1.165, 1.54) is 0 Å². The Labute approximate surface area is 140 Å². The van der Waals surface area contributed by atoms with E-state index in [0.29, 0.717) is 22.3 Å². The lowest BCUT2D eigenvalue weighted by atomic mass is 10.0. The fourth-order valence-electron chi connectivity index (χ4n) is 2.83. The predicted octanol–water partition coefficient (Wildman–Crippen LogP) is 4.48. The number of carbonyl (C=O) groups is 1. The van der Waals surface area contributed by atoms with Crippen LogP contribution in [-0.2, 0) is 6.42 Å². The van der Waals surface area contributed by atoms with Crippen molar-refractivity contribution in [1.29, 1.82) is 0 Å². The molecule has 1 N–H and O–H groups in total. The minimum atomic E-state index is -0.955. The predicted molar refractivity (Wildman–Crippen MR) is 94.8 cm³/mol. The molecule has 0 radical (unpaired) electrons. The van der Waals surface area contributed by atoms with E-state index in [4.69, 9.17) is 4.74 Å². The zero-order valence-corrected chi connectivity index (χ0v) is 14.0. The van der Waals surface area contributed by atoms with Crippen LogP contribution in [0.4, 0.5) is 0 Å². The van der Waals surface area contributed by atoms with Gasteiger partial charge in [-0.25, -0.2) is 9.78 Å². The molecule has 0 amide bonds. The highest BCUT2D eigenvalue weighted by atomic mass is 16.5. The van der Waals surface area contributed by atoms with Crippen LogP contribution in [0.5, 0.6) is 5.75 Å². The number of methoxy groups -OCH3 is 1. The first kappa shape index (κ1) is 16.0. The number of aromatic nitrogens is 1. The average molecular weight is 321 g/mol. The van der Waals surface area contributed by atoms with Crippen LogP contribution < -0.4 is 4.74 Å². The Kier molecular flexibility index (Phi) is 4.21. The highest BCUT2D eigenvalue weighted by Crippen LogP contribution is 2.32. The van der Waals surface area contributed by atoms with Gasteiger partial charge < -0.3 is 9.84 Å². The highest BCUT2D eigenvalue weighted by molar-refractivity contribution is 6.04. The number of aromatic carboxylic acids is 1. The van der Waals surface area contributed by atoms with E-state index in [-0.39, 0.29) is 5.56 Å². The average Bonchev–Trinajstić information content (AvgIpc) is 2.60. The van der Waals surface area contributed by atoms with Crippen LogP contribution in [0, 0.1) is 6.92 Å². The van der Waals surface area contributed by atoms with Crippen LogP contribution in [0.25, 0.3) is 22.2 Å². The maximum atomic E-state index is 11.8. The van der Waals surface area contributed by atoms with Crippen molar-refractivity contribution in [3.05, 3.63) is 59.2 Å². The summed E-state index contributed by atoms with van der Waals surface area (Å²) in [6.07, 6.45) is 0.850. The molecule has 1 aromatic heterocycles. The maximum Gasteiger partial charge on any atom is 0.336 e. The molecule has 0 bridgehead atoms. The largest absolute Gasteiger partial charge is 0.496 e. The molecule has 0 unspecified atom stereocenters. The molecule has 4 heteroatoms. The van der Waals surface area contributed by atoms with Crippen LogP contribution in [0.15, 0.2) is 42.5 Å². The fraction of sp³-hybridized carbons (Fsp3) is 0.200. The summed E-state index contributed by atoms with van der Waals surface area (Å²) in [5, 5.41) is 10.3. The molecule has 1 heterocycles. The summed E-state index contributed by atoms with van der Waals surface area (Å²) in [5.74, 6) is -0.280. The lowest BCUT2D eigenvalue weighted by Gasteiger charge is -2.12. The molecule has 2 aromatic carbocycles. The van der Waals surface area contributed by atoms with Crippen molar-refractivity contribution < 1.29 is 14.6 Å². The molecular formula is C20H19NO3. The van der Waals surface area contributed by atoms with Gasteiger partial charge in [-0.1, -0.05) is 24.6 Å². The van der Waals surface area contributed by atoms with E-state index in [9.17, 15) is 9.90 Å². The second kappa shape index (κ2) is 6.32. The molecule has 0 saturated carbocycles. The summed E-state index contributed by atoms with van der Waals surface area (Å²) in [6.45, 7) is 4.02. The van der Waals surface area contributed by atoms with Gasteiger partial charge in [0.1, 0.15) is 5.75 Å². The first-order valence-corrected chi connectivity index (χ1v) is 7.85. The number of carboxylic acids is 1. The first-order chi connectivity index (χ1) is 11.5. The third-order valence-electron chi connectivity index (χ3n) is 4.14. The zero-order chi connectivity index (χ0) is 17.3. The van der Waals surface area contributed by atoms with E-state index in [0.717, 1.165) is 23.1 Å². The van der Waals surface area contributed by atoms with Crippen molar-refractivity contribution >= 4 is 16.9 Å². The molecular weight excluding hydrogens is 302 g/mol. The molecule has 4 nitrogen and oxygen atoms in total. The Bertz CT molecular complexity index is 932. The third kappa shape index (κ3) is 2.83. The number of hydrogen-bond donors (Lipinski definition) is 1. The highest BCUT2D eigenvalue weighted by Gasteiger charge is 2.15. The molecule has 0 spiro atoms. The molecule has 122 valence electrons. The fourth-order valence-corrected chi connectivity index (χ4v) is 2.83. The van der Waals surface area contributed by atoms with Crippen molar-refractivity contribution in [2.45, 2.75) is 20.3 Å². The third-order valence-corrected chi connectivity index (χ3v) is 4.14. The van der Waals surface area contributed by atoms with Crippen molar-refractivity contribution in [3.8, 4) is 17.0 Å². The number of hydrogen-bond acceptors (Lipinski definition) is 3. The van der Waals surface area contributed by atoms with Gasteiger partial charge in [0.15, 0.2) is 0 Å². The second-order valence-electron chi connectivity index (χ2n) is 5.77. The van der Waals surface area contributed by atoms with Gasteiger partial charge in [0.05, 0.1) is 23.9 Å². The number of aryl methyl sites for hydroxylation is 2. The van der Waals surface area contributed by atoms with Gasteiger partial charge in [-0.3, -0.25) is 0 Å². The summed E-state index contributed by atoms with van der Waals surface area (Å²) < 4.78 is 5.42. The van der Waals surface area contributed by atoms with E-state index < -0.39 is 5.97 Å². The normalized spacial score (nSPS) is 10.8. The van der Waals surface area contributed by atoms with Gasteiger partial charge in [0.2, 0.25) is 0 Å². The molecule has 0 aliphatic heterocycles. The lowest BCUT2D eigenvalue weighted by molar-refractivity contribution is 0.0699. The monoisotopic (exact) mass is 321 g/mol. The number of ether oxygens (including phenoxy) is 1. The Hall–Kier alpha value is -2.88. The van der Waals surface area contributed by atoms with Crippen molar-refractivity contribution in [2.75, 3.05) is 7.11 Å². The lowest BCUT2D eigenvalue weighted by Crippen LogP contribution is -2.01.